The minimum Gasteiger partial charge on any atom is -0.476 e. The molecule has 0 radical (unpaired) electrons. The van der Waals surface area contributed by atoms with Gasteiger partial charge in [-0.1, -0.05) is 28.9 Å². The molecule has 2 rings (SSSR count). The molecule has 0 amide bonds. The van der Waals surface area contributed by atoms with E-state index in [2.05, 4.69) is 10.3 Å². The summed E-state index contributed by atoms with van der Waals surface area (Å²) in [6, 6.07) is 7.09. The van der Waals surface area contributed by atoms with Crippen molar-refractivity contribution in [3.05, 3.63) is 46.2 Å². The average molecular weight is 282 g/mol. The first kappa shape index (κ1) is 13.5. The quantitative estimate of drug-likeness (QED) is 0.860. The number of rotatable bonds is 5. The third-order valence-corrected chi connectivity index (χ3v) is 2.89. The number of halogens is 1. The van der Waals surface area contributed by atoms with Gasteiger partial charge < -0.3 is 10.2 Å². The highest BCUT2D eigenvalue weighted by Gasteiger charge is 2.18. The molecule has 6 nitrogen and oxygen atoms in total. The normalized spacial score (nSPS) is 10.6. The molecule has 2 N–H and O–H groups in total. The zero-order valence-corrected chi connectivity index (χ0v) is 10.7. The number of carboxylic acid groups (broad SMARTS) is 1. The van der Waals surface area contributed by atoms with Gasteiger partial charge in [0.05, 0.1) is 18.8 Å². The van der Waals surface area contributed by atoms with Gasteiger partial charge in [-0.05, 0) is 17.7 Å². The third-order valence-electron chi connectivity index (χ3n) is 2.64. The maximum absolute atomic E-state index is 11.1. The number of aromatic nitrogens is 3. The van der Waals surface area contributed by atoms with Gasteiger partial charge in [-0.25, -0.2) is 9.48 Å². The number of aliphatic hydroxyl groups excluding tert-OH is 1. The summed E-state index contributed by atoms with van der Waals surface area (Å²) < 4.78 is 1.40. The number of hydrogen-bond donors (Lipinski definition) is 2. The van der Waals surface area contributed by atoms with Crippen molar-refractivity contribution in [2.75, 3.05) is 6.61 Å². The Morgan fingerprint density at radius 1 is 1.32 bits per heavy atom. The van der Waals surface area contributed by atoms with Crippen LogP contribution in [0.1, 0.15) is 21.7 Å². The Balaban J connectivity index is 2.33. The first-order valence-electron chi connectivity index (χ1n) is 5.62. The summed E-state index contributed by atoms with van der Waals surface area (Å²) in [5, 5.41) is 26.0. The molecule has 0 saturated heterocycles. The van der Waals surface area contributed by atoms with Crippen molar-refractivity contribution in [2.45, 2.75) is 13.0 Å². The van der Waals surface area contributed by atoms with E-state index in [-0.39, 0.29) is 18.8 Å². The Morgan fingerprint density at radius 3 is 2.58 bits per heavy atom. The lowest BCUT2D eigenvalue weighted by atomic mass is 10.1. The molecule has 19 heavy (non-hydrogen) atoms. The maximum atomic E-state index is 11.1. The van der Waals surface area contributed by atoms with Crippen molar-refractivity contribution in [3.8, 4) is 0 Å². The molecule has 0 fully saturated rings. The lowest BCUT2D eigenvalue weighted by molar-refractivity contribution is 0.0689. The molecule has 0 aliphatic heterocycles. The highest BCUT2D eigenvalue weighted by atomic mass is 35.5. The summed E-state index contributed by atoms with van der Waals surface area (Å²) in [5.74, 6) is -1.13. The predicted octanol–water partition coefficient (Wildman–Crippen LogP) is 1.21. The minimum atomic E-state index is -1.13. The van der Waals surface area contributed by atoms with Gasteiger partial charge in [-0.15, -0.1) is 5.10 Å². The fraction of sp³-hybridized carbons (Fsp3) is 0.250. The van der Waals surface area contributed by atoms with E-state index in [9.17, 15) is 4.79 Å². The second-order valence-electron chi connectivity index (χ2n) is 3.94. The fourth-order valence-corrected chi connectivity index (χ4v) is 1.87. The van der Waals surface area contributed by atoms with Gasteiger partial charge >= 0.3 is 5.97 Å². The SMILES string of the molecule is O=C(O)c1nnn(CCO)c1Cc1ccc(Cl)cc1. The first-order chi connectivity index (χ1) is 9.11. The van der Waals surface area contributed by atoms with Crippen LogP contribution in [0.15, 0.2) is 24.3 Å². The molecule has 100 valence electrons. The number of hydrogen-bond acceptors (Lipinski definition) is 4. The van der Waals surface area contributed by atoms with Crippen molar-refractivity contribution in [1.82, 2.24) is 15.0 Å². The molecular weight excluding hydrogens is 270 g/mol. The van der Waals surface area contributed by atoms with Gasteiger partial charge in [-0.3, -0.25) is 0 Å². The van der Waals surface area contributed by atoms with Crippen LogP contribution in [0.5, 0.6) is 0 Å². The van der Waals surface area contributed by atoms with E-state index in [1.807, 2.05) is 12.1 Å². The molecule has 1 aromatic carbocycles. The summed E-state index contributed by atoms with van der Waals surface area (Å²) in [7, 11) is 0. The van der Waals surface area contributed by atoms with Crippen LogP contribution in [0.25, 0.3) is 0 Å². The van der Waals surface area contributed by atoms with E-state index < -0.39 is 5.97 Å². The molecular formula is C12H12ClN3O3. The van der Waals surface area contributed by atoms with E-state index in [4.69, 9.17) is 21.8 Å². The molecule has 0 atom stereocenters. The third kappa shape index (κ3) is 3.10. The first-order valence-corrected chi connectivity index (χ1v) is 6.00. The van der Waals surface area contributed by atoms with E-state index in [0.29, 0.717) is 17.1 Å². The molecule has 2 aromatic rings. The topological polar surface area (TPSA) is 88.2 Å². The summed E-state index contributed by atoms with van der Waals surface area (Å²) in [6.07, 6.45) is 0.367. The number of nitrogens with zero attached hydrogens (tertiary/aromatic N) is 3. The molecule has 7 heteroatoms. The Morgan fingerprint density at radius 2 is 2.00 bits per heavy atom. The number of carboxylic acids is 1. The lowest BCUT2D eigenvalue weighted by Gasteiger charge is -2.06. The molecule has 0 aliphatic carbocycles. The van der Waals surface area contributed by atoms with Crippen LogP contribution >= 0.6 is 11.6 Å². The number of carbonyl (C=O) groups is 1. The van der Waals surface area contributed by atoms with Crippen LogP contribution in [-0.2, 0) is 13.0 Å². The Hall–Kier alpha value is -1.92. The van der Waals surface area contributed by atoms with Crippen LogP contribution in [-0.4, -0.2) is 37.8 Å². The molecule has 1 heterocycles. The molecule has 0 aliphatic rings. The van der Waals surface area contributed by atoms with Crippen molar-refractivity contribution in [1.29, 1.82) is 0 Å². The standard InChI is InChI=1S/C12H12ClN3O3/c13-9-3-1-8(2-4-9)7-10-11(12(18)19)14-15-16(10)5-6-17/h1-4,17H,5-7H2,(H,18,19). The monoisotopic (exact) mass is 281 g/mol. The van der Waals surface area contributed by atoms with Gasteiger partial charge in [0.2, 0.25) is 0 Å². The molecule has 0 unspecified atom stereocenters. The van der Waals surface area contributed by atoms with Crippen LogP contribution in [0.3, 0.4) is 0 Å². The summed E-state index contributed by atoms with van der Waals surface area (Å²) in [4.78, 5) is 11.1. The summed E-state index contributed by atoms with van der Waals surface area (Å²) in [5.41, 5.74) is 1.26. The molecule has 1 aromatic heterocycles. The van der Waals surface area contributed by atoms with E-state index in [0.717, 1.165) is 5.56 Å². The minimum absolute atomic E-state index is 0.0941. The zero-order valence-electron chi connectivity index (χ0n) is 9.95. The average Bonchev–Trinajstić information content (AvgIpc) is 2.76. The molecule has 0 saturated carbocycles. The number of aliphatic hydroxyl groups is 1. The van der Waals surface area contributed by atoms with Gasteiger partial charge in [0, 0.05) is 11.4 Å². The number of aromatic carboxylic acids is 1. The Bertz CT molecular complexity index is 580. The molecule has 0 spiro atoms. The van der Waals surface area contributed by atoms with E-state index in [1.165, 1.54) is 4.68 Å². The number of benzene rings is 1. The maximum Gasteiger partial charge on any atom is 0.358 e. The zero-order chi connectivity index (χ0) is 13.8. The molecule has 0 bridgehead atoms. The van der Waals surface area contributed by atoms with Gasteiger partial charge in [0.15, 0.2) is 5.69 Å². The van der Waals surface area contributed by atoms with Crippen LogP contribution < -0.4 is 0 Å². The predicted molar refractivity (Wildman–Crippen MR) is 68.3 cm³/mol. The summed E-state index contributed by atoms with van der Waals surface area (Å²) >= 11 is 5.80. The van der Waals surface area contributed by atoms with Crippen LogP contribution in [0.4, 0.5) is 0 Å². The van der Waals surface area contributed by atoms with Gasteiger partial charge in [-0.2, -0.15) is 0 Å². The highest BCUT2D eigenvalue weighted by molar-refractivity contribution is 6.30. The highest BCUT2D eigenvalue weighted by Crippen LogP contribution is 2.15. The second-order valence-corrected chi connectivity index (χ2v) is 4.38. The van der Waals surface area contributed by atoms with Crippen molar-refractivity contribution >= 4 is 17.6 Å². The van der Waals surface area contributed by atoms with E-state index in [1.54, 1.807) is 12.1 Å². The Labute approximate surface area is 114 Å². The van der Waals surface area contributed by atoms with Gasteiger partial charge in [0.25, 0.3) is 0 Å². The van der Waals surface area contributed by atoms with Gasteiger partial charge in [0.1, 0.15) is 0 Å². The Kier molecular flexibility index (Phi) is 4.13. The van der Waals surface area contributed by atoms with Crippen molar-refractivity contribution in [3.63, 3.8) is 0 Å². The largest absolute Gasteiger partial charge is 0.476 e. The fourth-order valence-electron chi connectivity index (χ4n) is 1.74. The van der Waals surface area contributed by atoms with E-state index >= 15 is 0 Å². The lowest BCUT2D eigenvalue weighted by Crippen LogP contribution is -2.11. The van der Waals surface area contributed by atoms with Crippen molar-refractivity contribution < 1.29 is 15.0 Å². The summed E-state index contributed by atoms with van der Waals surface area (Å²) in [6.45, 7) is 0.0826. The second kappa shape index (κ2) is 5.81. The van der Waals surface area contributed by atoms with Crippen LogP contribution in [0.2, 0.25) is 5.02 Å². The van der Waals surface area contributed by atoms with Crippen molar-refractivity contribution in [2.24, 2.45) is 0 Å². The van der Waals surface area contributed by atoms with Crippen LogP contribution in [0, 0.1) is 0 Å². The smallest absolute Gasteiger partial charge is 0.358 e.